The fraction of sp³-hybridized carbons (Fsp3) is 0.389. The topological polar surface area (TPSA) is 85.7 Å². The predicted octanol–water partition coefficient (Wildman–Crippen LogP) is 1.23. The van der Waals surface area contributed by atoms with Crippen molar-refractivity contribution in [3.63, 3.8) is 0 Å². The average molecular weight is 339 g/mol. The molecule has 2 aliphatic rings. The highest BCUT2D eigenvalue weighted by Crippen LogP contribution is 2.31. The lowest BCUT2D eigenvalue weighted by Gasteiger charge is -2.20. The summed E-state index contributed by atoms with van der Waals surface area (Å²) in [7, 11) is 0. The molecule has 25 heavy (non-hydrogen) atoms. The molecule has 4 rings (SSSR count). The number of benzene rings is 1. The van der Waals surface area contributed by atoms with Crippen LogP contribution in [0.5, 0.6) is 5.75 Å². The summed E-state index contributed by atoms with van der Waals surface area (Å²) in [6, 6.07) is 6.09. The number of rotatable bonds is 3. The van der Waals surface area contributed by atoms with Crippen LogP contribution in [0.1, 0.15) is 19.4 Å². The molecule has 0 unspecified atom stereocenters. The highest BCUT2D eigenvalue weighted by molar-refractivity contribution is 6.02. The maximum absolute atomic E-state index is 11.6. The normalized spacial score (nSPS) is 16.6. The molecule has 1 aromatic heterocycles. The van der Waals surface area contributed by atoms with Gasteiger partial charge in [0, 0.05) is 18.3 Å². The second-order valence-corrected chi connectivity index (χ2v) is 6.85. The van der Waals surface area contributed by atoms with Crippen molar-refractivity contribution in [1.29, 1.82) is 0 Å². The van der Waals surface area contributed by atoms with E-state index in [4.69, 9.17) is 10.5 Å². The van der Waals surface area contributed by atoms with Crippen LogP contribution in [0.4, 0.5) is 0 Å². The first-order valence-electron chi connectivity index (χ1n) is 8.39. The van der Waals surface area contributed by atoms with Gasteiger partial charge in [-0.3, -0.25) is 14.5 Å². The van der Waals surface area contributed by atoms with Crippen LogP contribution in [0.2, 0.25) is 0 Å². The Morgan fingerprint density at radius 2 is 2.12 bits per heavy atom. The monoisotopic (exact) mass is 339 g/mol. The van der Waals surface area contributed by atoms with Gasteiger partial charge in [0.2, 0.25) is 5.91 Å². The number of hydrogen-bond donors (Lipinski definition) is 1. The van der Waals surface area contributed by atoms with Crippen molar-refractivity contribution in [2.24, 2.45) is 10.7 Å². The highest BCUT2D eigenvalue weighted by Gasteiger charge is 2.29. The zero-order valence-corrected chi connectivity index (χ0v) is 14.4. The van der Waals surface area contributed by atoms with Gasteiger partial charge in [0.15, 0.2) is 0 Å². The number of aliphatic imine (C=N–C) groups is 1. The number of carbonyl (C=O) groups is 1. The first kappa shape index (κ1) is 15.7. The standard InChI is InChI=1S/C18H21N5O2/c1-18(2,17(19)24)23-11-13(10-21-23)12-3-4-14-15(9-12)25-8-7-22-6-5-20-16(14)22/h3-4,9-11H,5-8H2,1-2H3,(H2,19,24). The van der Waals surface area contributed by atoms with Crippen LogP contribution in [0, 0.1) is 0 Å². The first-order chi connectivity index (χ1) is 12.0. The second kappa shape index (κ2) is 5.61. The fourth-order valence-electron chi connectivity index (χ4n) is 3.12. The van der Waals surface area contributed by atoms with Gasteiger partial charge in [0.25, 0.3) is 0 Å². The van der Waals surface area contributed by atoms with Crippen molar-refractivity contribution in [2.75, 3.05) is 26.2 Å². The van der Waals surface area contributed by atoms with Crippen molar-refractivity contribution in [1.82, 2.24) is 14.7 Å². The quantitative estimate of drug-likeness (QED) is 0.911. The van der Waals surface area contributed by atoms with Crippen molar-refractivity contribution in [3.05, 3.63) is 36.2 Å². The van der Waals surface area contributed by atoms with Crippen molar-refractivity contribution < 1.29 is 9.53 Å². The zero-order valence-electron chi connectivity index (χ0n) is 14.4. The number of fused-ring (bicyclic) bond motifs is 3. The third-order valence-electron chi connectivity index (χ3n) is 4.86. The van der Waals surface area contributed by atoms with Crippen molar-refractivity contribution in [3.8, 4) is 16.9 Å². The smallest absolute Gasteiger partial charge is 0.244 e. The summed E-state index contributed by atoms with van der Waals surface area (Å²) in [5, 5.41) is 4.31. The van der Waals surface area contributed by atoms with Gasteiger partial charge in [0.1, 0.15) is 23.7 Å². The summed E-state index contributed by atoms with van der Waals surface area (Å²) in [5.41, 5.74) is 7.52. The van der Waals surface area contributed by atoms with Gasteiger partial charge in [0.05, 0.1) is 24.8 Å². The van der Waals surface area contributed by atoms with Crippen LogP contribution >= 0.6 is 0 Å². The summed E-state index contributed by atoms with van der Waals surface area (Å²) in [6.45, 7) is 6.79. The average Bonchev–Trinajstić information content (AvgIpc) is 3.22. The van der Waals surface area contributed by atoms with E-state index in [2.05, 4.69) is 15.0 Å². The second-order valence-electron chi connectivity index (χ2n) is 6.85. The van der Waals surface area contributed by atoms with Gasteiger partial charge in [-0.05, 0) is 31.5 Å². The predicted molar refractivity (Wildman–Crippen MR) is 94.7 cm³/mol. The molecule has 0 bridgehead atoms. The molecule has 7 nitrogen and oxygen atoms in total. The molecular weight excluding hydrogens is 318 g/mol. The van der Waals surface area contributed by atoms with Crippen LogP contribution in [-0.2, 0) is 10.3 Å². The number of amides is 1. The van der Waals surface area contributed by atoms with Gasteiger partial charge < -0.3 is 15.4 Å². The van der Waals surface area contributed by atoms with Crippen LogP contribution in [0.15, 0.2) is 35.6 Å². The number of carbonyl (C=O) groups excluding carboxylic acids is 1. The number of amidine groups is 1. The number of nitrogens with two attached hydrogens (primary N) is 1. The molecule has 2 aliphatic heterocycles. The largest absolute Gasteiger partial charge is 0.491 e. The molecule has 2 aromatic rings. The van der Waals surface area contributed by atoms with E-state index < -0.39 is 11.4 Å². The number of ether oxygens (including phenoxy) is 1. The Morgan fingerprint density at radius 3 is 2.92 bits per heavy atom. The van der Waals surface area contributed by atoms with Gasteiger partial charge >= 0.3 is 0 Å². The Bertz CT molecular complexity index is 868. The summed E-state index contributed by atoms with van der Waals surface area (Å²) in [4.78, 5) is 18.5. The Morgan fingerprint density at radius 1 is 1.28 bits per heavy atom. The minimum atomic E-state index is -0.875. The van der Waals surface area contributed by atoms with E-state index in [9.17, 15) is 4.79 Å². The molecule has 0 saturated carbocycles. The summed E-state index contributed by atoms with van der Waals surface area (Å²) in [5.74, 6) is 1.43. The van der Waals surface area contributed by atoms with E-state index in [0.29, 0.717) is 6.61 Å². The molecule has 2 N–H and O–H groups in total. The Balaban J connectivity index is 1.70. The molecule has 0 fully saturated rings. The maximum Gasteiger partial charge on any atom is 0.244 e. The van der Waals surface area contributed by atoms with E-state index >= 15 is 0 Å². The number of primary amides is 1. The maximum atomic E-state index is 11.6. The molecule has 0 saturated heterocycles. The van der Waals surface area contributed by atoms with Gasteiger partial charge in [-0.2, -0.15) is 5.10 Å². The highest BCUT2D eigenvalue weighted by atomic mass is 16.5. The lowest BCUT2D eigenvalue weighted by atomic mass is 10.0. The van der Waals surface area contributed by atoms with Crippen LogP contribution in [0.3, 0.4) is 0 Å². The SMILES string of the molecule is CC(C)(C(N)=O)n1cc(-c2ccc3c(c2)OCCN2CCN=C32)cn1. The lowest BCUT2D eigenvalue weighted by molar-refractivity contribution is -0.125. The minimum absolute atomic E-state index is 0.424. The van der Waals surface area contributed by atoms with Crippen LogP contribution in [0.25, 0.3) is 11.1 Å². The van der Waals surface area contributed by atoms with Gasteiger partial charge in [-0.15, -0.1) is 0 Å². The molecule has 1 aromatic carbocycles. The first-order valence-corrected chi connectivity index (χ1v) is 8.39. The van der Waals surface area contributed by atoms with Crippen molar-refractivity contribution >= 4 is 11.7 Å². The molecule has 130 valence electrons. The molecule has 0 atom stereocenters. The van der Waals surface area contributed by atoms with E-state index in [1.54, 1.807) is 24.7 Å². The Labute approximate surface area is 146 Å². The molecular formula is C18H21N5O2. The van der Waals surface area contributed by atoms with E-state index in [-0.39, 0.29) is 0 Å². The lowest BCUT2D eigenvalue weighted by Crippen LogP contribution is -2.41. The number of hydrogen-bond acceptors (Lipinski definition) is 5. The van der Waals surface area contributed by atoms with Gasteiger partial charge in [-0.1, -0.05) is 6.07 Å². The van der Waals surface area contributed by atoms with E-state index in [1.165, 1.54) is 0 Å². The van der Waals surface area contributed by atoms with Crippen LogP contribution < -0.4 is 10.5 Å². The Hall–Kier alpha value is -2.83. The van der Waals surface area contributed by atoms with Crippen molar-refractivity contribution in [2.45, 2.75) is 19.4 Å². The summed E-state index contributed by atoms with van der Waals surface area (Å²) in [6.07, 6.45) is 3.57. The number of nitrogens with zero attached hydrogens (tertiary/aromatic N) is 4. The third-order valence-corrected chi connectivity index (χ3v) is 4.86. The zero-order chi connectivity index (χ0) is 17.6. The van der Waals surface area contributed by atoms with E-state index in [0.717, 1.165) is 47.9 Å². The minimum Gasteiger partial charge on any atom is -0.491 e. The molecule has 7 heteroatoms. The molecule has 3 heterocycles. The third kappa shape index (κ3) is 2.56. The fourth-order valence-corrected chi connectivity index (χ4v) is 3.12. The molecule has 0 radical (unpaired) electrons. The van der Waals surface area contributed by atoms with Crippen LogP contribution in [-0.4, -0.2) is 52.7 Å². The summed E-state index contributed by atoms with van der Waals surface area (Å²) >= 11 is 0. The molecule has 0 aliphatic carbocycles. The van der Waals surface area contributed by atoms with E-state index in [1.807, 2.05) is 24.4 Å². The number of aromatic nitrogens is 2. The molecule has 0 spiro atoms. The Kier molecular flexibility index (Phi) is 3.52. The summed E-state index contributed by atoms with van der Waals surface area (Å²) < 4.78 is 7.53. The molecule has 1 amide bonds. The van der Waals surface area contributed by atoms with Gasteiger partial charge in [-0.25, -0.2) is 0 Å².